The Morgan fingerprint density at radius 3 is 2.73 bits per heavy atom. The average Bonchev–Trinajstić information content (AvgIpc) is 2.20. The van der Waals surface area contributed by atoms with Gasteiger partial charge in [-0.05, 0) is 19.1 Å². The number of para-hydroxylation sites is 2. The Hall–Kier alpha value is -1.48. The highest BCUT2D eigenvalue weighted by Gasteiger charge is 1.99. The van der Waals surface area contributed by atoms with E-state index >= 15 is 0 Å². The van der Waals surface area contributed by atoms with Crippen LogP contribution in [-0.4, -0.2) is 24.9 Å². The van der Waals surface area contributed by atoms with Gasteiger partial charge in [0, 0.05) is 0 Å². The molecule has 15 heavy (non-hydrogen) atoms. The molecule has 0 saturated carbocycles. The summed E-state index contributed by atoms with van der Waals surface area (Å²) in [6.07, 6.45) is 0. The van der Waals surface area contributed by atoms with Crippen LogP contribution >= 0.6 is 0 Å². The molecule has 3 heteroatoms. The van der Waals surface area contributed by atoms with Crippen molar-refractivity contribution in [3.8, 4) is 11.5 Å². The van der Waals surface area contributed by atoms with E-state index in [4.69, 9.17) is 9.47 Å². The maximum Gasteiger partial charge on any atom is 0.161 e. The summed E-state index contributed by atoms with van der Waals surface area (Å²) in [6, 6.07) is 6.86. The third kappa shape index (κ3) is 4.51. The van der Waals surface area contributed by atoms with Crippen LogP contribution < -0.4 is 4.74 Å². The Morgan fingerprint density at radius 1 is 1.33 bits per heavy atom. The van der Waals surface area contributed by atoms with E-state index in [0.29, 0.717) is 25.6 Å². The fourth-order valence-corrected chi connectivity index (χ4v) is 1.04. The van der Waals surface area contributed by atoms with Gasteiger partial charge in [-0.25, -0.2) is 0 Å². The summed E-state index contributed by atoms with van der Waals surface area (Å²) in [5.74, 6) is 0.633. The third-order valence-corrected chi connectivity index (χ3v) is 1.70. The van der Waals surface area contributed by atoms with Crippen LogP contribution in [0.5, 0.6) is 11.5 Å². The standard InChI is InChI=1S/C12H16O3/c1-10(2)9-14-7-8-15-12-6-4-3-5-11(12)13/h3-6,13H,1,7-9H2,2H3. The zero-order valence-corrected chi connectivity index (χ0v) is 8.90. The van der Waals surface area contributed by atoms with Crippen molar-refractivity contribution < 1.29 is 14.6 Å². The molecular weight excluding hydrogens is 192 g/mol. The molecular formula is C12H16O3. The van der Waals surface area contributed by atoms with E-state index in [0.717, 1.165) is 5.57 Å². The highest BCUT2D eigenvalue weighted by Crippen LogP contribution is 2.23. The topological polar surface area (TPSA) is 38.7 Å². The van der Waals surface area contributed by atoms with E-state index in [9.17, 15) is 5.11 Å². The van der Waals surface area contributed by atoms with Crippen LogP contribution in [0.3, 0.4) is 0 Å². The first kappa shape index (κ1) is 11.6. The van der Waals surface area contributed by atoms with Gasteiger partial charge in [-0.1, -0.05) is 24.3 Å². The second-order valence-electron chi connectivity index (χ2n) is 3.33. The van der Waals surface area contributed by atoms with E-state index in [1.54, 1.807) is 18.2 Å². The normalized spacial score (nSPS) is 9.93. The summed E-state index contributed by atoms with van der Waals surface area (Å²) in [4.78, 5) is 0. The minimum Gasteiger partial charge on any atom is -0.504 e. The molecule has 0 radical (unpaired) electrons. The highest BCUT2D eigenvalue weighted by atomic mass is 16.5. The third-order valence-electron chi connectivity index (χ3n) is 1.70. The van der Waals surface area contributed by atoms with Crippen LogP contribution in [0.25, 0.3) is 0 Å². The predicted molar refractivity (Wildman–Crippen MR) is 59.2 cm³/mol. The summed E-state index contributed by atoms with van der Waals surface area (Å²) >= 11 is 0. The molecule has 0 bridgehead atoms. The van der Waals surface area contributed by atoms with Gasteiger partial charge in [0.05, 0.1) is 13.2 Å². The van der Waals surface area contributed by atoms with Crippen molar-refractivity contribution in [1.82, 2.24) is 0 Å². The molecule has 3 nitrogen and oxygen atoms in total. The lowest BCUT2D eigenvalue weighted by atomic mass is 10.3. The molecule has 1 N–H and O–H groups in total. The molecule has 0 heterocycles. The van der Waals surface area contributed by atoms with Crippen LogP contribution in [0.1, 0.15) is 6.92 Å². The summed E-state index contributed by atoms with van der Waals surface area (Å²) in [5, 5.41) is 9.38. The largest absolute Gasteiger partial charge is 0.504 e. The quantitative estimate of drug-likeness (QED) is 0.576. The first-order chi connectivity index (χ1) is 7.20. The molecule has 1 aromatic rings. The summed E-state index contributed by atoms with van der Waals surface area (Å²) in [5.41, 5.74) is 0.984. The lowest BCUT2D eigenvalue weighted by Crippen LogP contribution is -2.07. The second-order valence-corrected chi connectivity index (χ2v) is 3.33. The molecule has 0 spiro atoms. The first-order valence-corrected chi connectivity index (χ1v) is 4.83. The molecule has 1 aromatic carbocycles. The lowest BCUT2D eigenvalue weighted by molar-refractivity contribution is 0.115. The van der Waals surface area contributed by atoms with Crippen molar-refractivity contribution in [1.29, 1.82) is 0 Å². The van der Waals surface area contributed by atoms with Crippen molar-refractivity contribution in [2.24, 2.45) is 0 Å². The summed E-state index contributed by atoms with van der Waals surface area (Å²) in [7, 11) is 0. The van der Waals surface area contributed by atoms with Crippen LogP contribution in [-0.2, 0) is 4.74 Å². The molecule has 0 saturated heterocycles. The number of phenolic OH excluding ortho intramolecular Hbond substituents is 1. The molecule has 0 aliphatic heterocycles. The van der Waals surface area contributed by atoms with Crippen molar-refractivity contribution in [2.75, 3.05) is 19.8 Å². The van der Waals surface area contributed by atoms with Gasteiger partial charge in [0.2, 0.25) is 0 Å². The van der Waals surface area contributed by atoms with Crippen LogP contribution in [0.4, 0.5) is 0 Å². The minimum atomic E-state index is 0.150. The molecule has 0 aliphatic carbocycles. The van der Waals surface area contributed by atoms with Crippen LogP contribution in [0.2, 0.25) is 0 Å². The Labute approximate surface area is 90.0 Å². The van der Waals surface area contributed by atoms with Crippen molar-refractivity contribution in [3.05, 3.63) is 36.4 Å². The zero-order chi connectivity index (χ0) is 11.1. The minimum absolute atomic E-state index is 0.150. The van der Waals surface area contributed by atoms with Gasteiger partial charge in [-0.3, -0.25) is 0 Å². The maximum absolute atomic E-state index is 9.38. The van der Waals surface area contributed by atoms with E-state index < -0.39 is 0 Å². The number of benzene rings is 1. The summed E-state index contributed by atoms with van der Waals surface area (Å²) in [6.45, 7) is 7.08. The molecule has 82 valence electrons. The van der Waals surface area contributed by atoms with Crippen LogP contribution in [0, 0.1) is 0 Å². The Balaban J connectivity index is 2.21. The van der Waals surface area contributed by atoms with E-state index in [2.05, 4.69) is 6.58 Å². The van der Waals surface area contributed by atoms with Gasteiger partial charge in [0.25, 0.3) is 0 Å². The summed E-state index contributed by atoms with van der Waals surface area (Å²) < 4.78 is 10.6. The molecule has 0 atom stereocenters. The fourth-order valence-electron chi connectivity index (χ4n) is 1.04. The maximum atomic E-state index is 9.38. The van der Waals surface area contributed by atoms with E-state index in [1.807, 2.05) is 13.0 Å². The SMILES string of the molecule is C=C(C)COCCOc1ccccc1O. The highest BCUT2D eigenvalue weighted by molar-refractivity contribution is 5.37. The number of hydrogen-bond acceptors (Lipinski definition) is 3. The molecule has 0 aromatic heterocycles. The molecule has 1 rings (SSSR count). The number of aromatic hydroxyl groups is 1. The van der Waals surface area contributed by atoms with Gasteiger partial charge < -0.3 is 14.6 Å². The van der Waals surface area contributed by atoms with Crippen LogP contribution in [0.15, 0.2) is 36.4 Å². The average molecular weight is 208 g/mol. The van der Waals surface area contributed by atoms with Crippen molar-refractivity contribution in [2.45, 2.75) is 6.92 Å². The molecule has 0 aliphatic rings. The Bertz CT molecular complexity index is 320. The lowest BCUT2D eigenvalue weighted by Gasteiger charge is -2.08. The smallest absolute Gasteiger partial charge is 0.161 e. The second kappa shape index (κ2) is 6.09. The monoisotopic (exact) mass is 208 g/mol. The van der Waals surface area contributed by atoms with Gasteiger partial charge in [0.15, 0.2) is 11.5 Å². The molecule has 0 amide bonds. The number of rotatable bonds is 6. The zero-order valence-electron chi connectivity index (χ0n) is 8.90. The number of hydrogen-bond donors (Lipinski definition) is 1. The van der Waals surface area contributed by atoms with Gasteiger partial charge in [0.1, 0.15) is 6.61 Å². The fraction of sp³-hybridized carbons (Fsp3) is 0.333. The van der Waals surface area contributed by atoms with E-state index in [1.165, 1.54) is 0 Å². The molecule has 0 fully saturated rings. The first-order valence-electron chi connectivity index (χ1n) is 4.83. The number of phenols is 1. The van der Waals surface area contributed by atoms with Gasteiger partial charge >= 0.3 is 0 Å². The van der Waals surface area contributed by atoms with Crippen molar-refractivity contribution in [3.63, 3.8) is 0 Å². The Morgan fingerprint density at radius 2 is 2.07 bits per heavy atom. The predicted octanol–water partition coefficient (Wildman–Crippen LogP) is 2.36. The molecule has 0 unspecified atom stereocenters. The van der Waals surface area contributed by atoms with Gasteiger partial charge in [-0.15, -0.1) is 0 Å². The number of ether oxygens (including phenoxy) is 2. The van der Waals surface area contributed by atoms with Crippen molar-refractivity contribution >= 4 is 0 Å². The van der Waals surface area contributed by atoms with Gasteiger partial charge in [-0.2, -0.15) is 0 Å². The van der Waals surface area contributed by atoms with E-state index in [-0.39, 0.29) is 5.75 Å². The Kier molecular flexibility index (Phi) is 4.71.